The lowest BCUT2D eigenvalue weighted by Gasteiger charge is -2.36. The Morgan fingerprint density at radius 1 is 0.775 bits per heavy atom. The number of nitrogens with zero attached hydrogens (tertiary/aromatic N) is 1. The van der Waals surface area contributed by atoms with E-state index >= 15 is 0 Å². The van der Waals surface area contributed by atoms with Crippen LogP contribution in [0.4, 0.5) is 0 Å². The minimum atomic E-state index is -1.57. The number of hydrogen-bond donors (Lipinski definition) is 11. The molecule has 1 spiro atoms. The molecule has 1 saturated heterocycles. The lowest BCUT2D eigenvalue weighted by Crippen LogP contribution is -2.61. The minimum absolute atomic E-state index is 0.000566. The number of nitrogens with one attached hydrogen (secondary N) is 7. The van der Waals surface area contributed by atoms with Gasteiger partial charge in [-0.15, -0.1) is 0 Å². The Morgan fingerprint density at radius 2 is 1.38 bits per heavy atom. The largest absolute Gasteiger partial charge is 0.494 e. The number of hydrogen-bond acceptors (Lipinski definition) is 13. The van der Waals surface area contributed by atoms with Gasteiger partial charge in [-0.05, 0) is 61.8 Å². The summed E-state index contributed by atoms with van der Waals surface area (Å²) in [4.78, 5) is 114. The summed E-state index contributed by atoms with van der Waals surface area (Å²) in [6.07, 6.45) is 4.14. The lowest BCUT2D eigenvalue weighted by atomic mass is 9.85. The van der Waals surface area contributed by atoms with E-state index in [4.69, 9.17) is 27.7 Å². The average Bonchev–Trinajstić information content (AvgIpc) is 3.32. The van der Waals surface area contributed by atoms with Crippen molar-refractivity contribution in [2.75, 3.05) is 32.0 Å². The fourth-order valence-electron chi connectivity index (χ4n) is 8.11. The summed E-state index contributed by atoms with van der Waals surface area (Å²) in [6.45, 7) is 5.91. The van der Waals surface area contributed by atoms with Crippen molar-refractivity contribution in [3.8, 4) is 5.75 Å². The van der Waals surface area contributed by atoms with E-state index in [1.165, 1.54) is 21.6 Å². The minimum Gasteiger partial charge on any atom is -0.494 e. The molecule has 1 aliphatic carbocycles. The summed E-state index contributed by atoms with van der Waals surface area (Å²) in [6, 6.07) is 8.80. The number of ether oxygens (including phenoxy) is 1. The van der Waals surface area contributed by atoms with Gasteiger partial charge in [0.1, 0.15) is 36.0 Å². The third-order valence-corrected chi connectivity index (χ3v) is 15.2. The molecule has 71 heavy (non-hydrogen) atoms. The molecule has 15 N–H and O–H groups in total. The predicted octanol–water partition coefficient (Wildman–Crippen LogP) is -0.0728. The van der Waals surface area contributed by atoms with Crippen LogP contribution in [0.5, 0.6) is 5.75 Å². The standard InChI is InChI=1S/C48H72N12O9S2/c1-4-69-32-17-15-31(16-18-32)25-34-43(65)57-35(24-30-12-7-5-8-13-30)45(67)60-40(29(2)3)46(68)58-36(26-38(50)61)44(66)59-37(28-70-71-48(27-39(62)56-34)19-9-6-10-20-48)42(64)54-23-22-53-41(63)33(49)14-11-21-55-47(51)52/h5,7-8,12-13,15-18,29,33-37,40H,4,6,9-11,14,19-28,49H2,1-3H3,(H2,50,61)(H,53,63)(H,54,64)(H,56,62)(H,57,65)(H,58,68)(H,59,66)(H,60,67)(H4,51,52,55)/t33?,34-,35-,36-,37-,40+/m1/s1. The van der Waals surface area contributed by atoms with Crippen molar-refractivity contribution < 1.29 is 43.1 Å². The van der Waals surface area contributed by atoms with Crippen molar-refractivity contribution in [2.24, 2.45) is 33.8 Å². The van der Waals surface area contributed by atoms with Crippen molar-refractivity contribution >= 4 is 74.8 Å². The Balaban J connectivity index is 1.67. The Bertz CT molecular complexity index is 2140. The van der Waals surface area contributed by atoms with Gasteiger partial charge in [0.15, 0.2) is 5.96 Å². The molecule has 0 aromatic heterocycles. The second-order valence-electron chi connectivity index (χ2n) is 18.1. The van der Waals surface area contributed by atoms with Crippen LogP contribution in [-0.2, 0) is 51.2 Å². The summed E-state index contributed by atoms with van der Waals surface area (Å²) in [7, 11) is 2.69. The van der Waals surface area contributed by atoms with Crippen LogP contribution in [0, 0.1) is 5.92 Å². The Morgan fingerprint density at radius 3 is 2.01 bits per heavy atom. The van der Waals surface area contributed by atoms with Crippen molar-refractivity contribution in [1.82, 2.24) is 37.2 Å². The van der Waals surface area contributed by atoms with Gasteiger partial charge >= 0.3 is 0 Å². The second-order valence-corrected chi connectivity index (χ2v) is 20.9. The molecule has 0 bridgehead atoms. The highest BCUT2D eigenvalue weighted by Gasteiger charge is 2.39. The van der Waals surface area contributed by atoms with Gasteiger partial charge in [0, 0.05) is 49.4 Å². The molecule has 2 fully saturated rings. The highest BCUT2D eigenvalue weighted by Crippen LogP contribution is 2.48. The monoisotopic (exact) mass is 1020 g/mol. The number of carbonyl (C=O) groups excluding carboxylic acids is 8. The Kier molecular flexibility index (Phi) is 23.7. The number of guanidine groups is 1. The molecular formula is C48H72N12O9S2. The molecule has 1 heterocycles. The number of nitrogens with two attached hydrogens (primary N) is 4. The number of carbonyl (C=O) groups is 8. The van der Waals surface area contributed by atoms with Crippen molar-refractivity contribution in [2.45, 2.75) is 132 Å². The SMILES string of the molecule is CCOc1ccc(C[C@H]2NC(=O)CC3(CCCCC3)SSC[C@H](C(=O)NCCNC(=O)C(N)CCCN=C(N)N)NC(=O)[C@@H](CC(N)=O)NC(=O)[C@H](C(C)C)NC(=O)[C@@H](Cc3ccccc3)NC2=O)cc1. The maximum atomic E-state index is 14.5. The Labute approximate surface area is 423 Å². The Hall–Kier alpha value is -6.07. The van der Waals surface area contributed by atoms with E-state index in [-0.39, 0.29) is 44.1 Å². The van der Waals surface area contributed by atoms with E-state index in [2.05, 4.69) is 42.2 Å². The summed E-state index contributed by atoms with van der Waals surface area (Å²) < 4.78 is 4.99. The number of amides is 8. The van der Waals surface area contributed by atoms with Gasteiger partial charge in [-0.3, -0.25) is 43.3 Å². The van der Waals surface area contributed by atoms with E-state index in [1.807, 2.05) is 13.0 Å². The van der Waals surface area contributed by atoms with Crippen LogP contribution in [0.15, 0.2) is 59.6 Å². The van der Waals surface area contributed by atoms with Crippen molar-refractivity contribution in [3.05, 3.63) is 65.7 Å². The zero-order valence-electron chi connectivity index (χ0n) is 40.8. The zero-order chi connectivity index (χ0) is 51.9. The first-order valence-corrected chi connectivity index (χ1v) is 26.4. The first-order chi connectivity index (χ1) is 33.9. The van der Waals surface area contributed by atoms with Crippen LogP contribution in [0.1, 0.15) is 89.7 Å². The zero-order valence-corrected chi connectivity index (χ0v) is 42.4. The summed E-state index contributed by atoms with van der Waals surface area (Å²) in [5.41, 5.74) is 23.7. The average molecular weight is 1030 g/mol. The fourth-order valence-corrected chi connectivity index (χ4v) is 11.5. The molecular weight excluding hydrogens is 953 g/mol. The molecule has 21 nitrogen and oxygen atoms in total. The van der Waals surface area contributed by atoms with Gasteiger partial charge in [-0.2, -0.15) is 0 Å². The van der Waals surface area contributed by atoms with Crippen molar-refractivity contribution in [3.63, 3.8) is 0 Å². The number of primary amides is 1. The third-order valence-electron chi connectivity index (χ3n) is 11.9. The van der Waals surface area contributed by atoms with Crippen LogP contribution < -0.4 is 64.9 Å². The third kappa shape index (κ3) is 19.9. The molecule has 6 atom stereocenters. The van der Waals surface area contributed by atoms with E-state index in [0.717, 1.165) is 24.8 Å². The maximum Gasteiger partial charge on any atom is 0.243 e. The van der Waals surface area contributed by atoms with Crippen molar-refractivity contribution in [1.29, 1.82) is 0 Å². The summed E-state index contributed by atoms with van der Waals surface area (Å²) in [5, 5.41) is 19.3. The molecule has 4 rings (SSSR count). The maximum absolute atomic E-state index is 14.5. The molecule has 1 aliphatic heterocycles. The molecule has 390 valence electrons. The topological polar surface area (TPSA) is 346 Å². The molecule has 1 saturated carbocycles. The fraction of sp³-hybridized carbons (Fsp3) is 0.562. The number of rotatable bonds is 18. The van der Waals surface area contributed by atoms with E-state index < -0.39 is 101 Å². The van der Waals surface area contributed by atoms with Gasteiger partial charge in [0.25, 0.3) is 0 Å². The molecule has 23 heteroatoms. The molecule has 2 aromatic carbocycles. The number of aliphatic imine (C=N–C) groups is 1. The van der Waals surface area contributed by atoms with Crippen LogP contribution in [-0.4, -0.2) is 126 Å². The first kappa shape index (κ1) is 57.5. The summed E-state index contributed by atoms with van der Waals surface area (Å²) in [5.74, 6) is -5.52. The molecule has 2 aliphatic rings. The van der Waals surface area contributed by atoms with Crippen LogP contribution in [0.2, 0.25) is 0 Å². The molecule has 1 unspecified atom stereocenters. The first-order valence-electron chi connectivity index (χ1n) is 24.1. The predicted molar refractivity (Wildman–Crippen MR) is 274 cm³/mol. The van der Waals surface area contributed by atoms with Gasteiger partial charge in [0.2, 0.25) is 47.3 Å². The van der Waals surface area contributed by atoms with E-state index in [9.17, 15) is 38.4 Å². The summed E-state index contributed by atoms with van der Waals surface area (Å²) >= 11 is 0. The van der Waals surface area contributed by atoms with E-state index in [1.54, 1.807) is 62.4 Å². The quantitative estimate of drug-likeness (QED) is 0.0403. The van der Waals surface area contributed by atoms with Gasteiger partial charge in [0.05, 0.1) is 19.1 Å². The molecule has 8 amide bonds. The normalized spacial score (nSPS) is 22.0. The van der Waals surface area contributed by atoms with Crippen LogP contribution >= 0.6 is 21.6 Å². The van der Waals surface area contributed by atoms with Gasteiger partial charge < -0.3 is 64.9 Å². The lowest BCUT2D eigenvalue weighted by molar-refractivity contribution is -0.136. The van der Waals surface area contributed by atoms with Crippen LogP contribution in [0.25, 0.3) is 0 Å². The molecule has 2 aromatic rings. The van der Waals surface area contributed by atoms with Gasteiger partial charge in [-0.1, -0.05) is 97.2 Å². The molecule has 0 radical (unpaired) electrons. The van der Waals surface area contributed by atoms with Crippen LogP contribution in [0.3, 0.4) is 0 Å². The highest BCUT2D eigenvalue weighted by atomic mass is 33.1. The smallest absolute Gasteiger partial charge is 0.243 e. The van der Waals surface area contributed by atoms with E-state index in [0.29, 0.717) is 50.1 Å². The highest BCUT2D eigenvalue weighted by molar-refractivity contribution is 8.77. The number of benzene rings is 2. The van der Waals surface area contributed by atoms with Gasteiger partial charge in [-0.25, -0.2) is 0 Å². The second kappa shape index (κ2) is 29.3.